The Hall–Kier alpha value is -1.49. The second kappa shape index (κ2) is 4.26. The second-order valence-electron chi connectivity index (χ2n) is 7.10. The van der Waals surface area contributed by atoms with E-state index in [9.17, 15) is 13.6 Å². The summed E-state index contributed by atoms with van der Waals surface area (Å²) in [6, 6.07) is 3.90. The zero-order chi connectivity index (χ0) is 15.6. The summed E-state index contributed by atoms with van der Waals surface area (Å²) in [5, 5.41) is 3.10. The number of hydrogen-bond donors (Lipinski definition) is 1. The zero-order valence-electron chi connectivity index (χ0n) is 12.7. The summed E-state index contributed by atoms with van der Waals surface area (Å²) in [5.74, 6) is -1.75. The number of nitrogens with one attached hydrogen (secondary N) is 1. The largest absolute Gasteiger partial charge is 0.318 e. The van der Waals surface area contributed by atoms with E-state index in [1.54, 1.807) is 4.90 Å². The van der Waals surface area contributed by atoms with Crippen LogP contribution in [0.25, 0.3) is 0 Å². The van der Waals surface area contributed by atoms with Crippen LogP contribution in [0.1, 0.15) is 39.4 Å². The molecule has 5 heteroatoms. The first-order valence-corrected chi connectivity index (χ1v) is 7.17. The quantitative estimate of drug-likeness (QED) is 0.909. The highest BCUT2D eigenvalue weighted by molar-refractivity contribution is 5.82. The van der Waals surface area contributed by atoms with Gasteiger partial charge >= 0.3 is 0 Å². The lowest BCUT2D eigenvalue weighted by atomic mass is 10.0. The molecular formula is C16H20F2N2O. The molecule has 1 atom stereocenters. The van der Waals surface area contributed by atoms with Crippen LogP contribution in [0.2, 0.25) is 0 Å². The van der Waals surface area contributed by atoms with Crippen molar-refractivity contribution < 1.29 is 13.6 Å². The summed E-state index contributed by atoms with van der Waals surface area (Å²) in [7, 11) is 0. The van der Waals surface area contributed by atoms with E-state index in [0.29, 0.717) is 5.56 Å². The molecule has 1 saturated heterocycles. The van der Waals surface area contributed by atoms with Crippen LogP contribution in [-0.2, 0) is 4.79 Å². The molecule has 1 unspecified atom stereocenters. The first kappa shape index (κ1) is 14.4. The molecule has 3 nitrogen and oxygen atoms in total. The molecular weight excluding hydrogens is 274 g/mol. The van der Waals surface area contributed by atoms with Crippen molar-refractivity contribution in [3.8, 4) is 0 Å². The molecule has 2 aliphatic rings. The molecule has 0 bridgehead atoms. The molecule has 1 amide bonds. The van der Waals surface area contributed by atoms with Crippen molar-refractivity contribution in [2.24, 2.45) is 10.8 Å². The van der Waals surface area contributed by atoms with E-state index >= 15 is 0 Å². The zero-order valence-corrected chi connectivity index (χ0v) is 12.7. The van der Waals surface area contributed by atoms with Gasteiger partial charge in [0.25, 0.3) is 0 Å². The lowest BCUT2D eigenvalue weighted by Crippen LogP contribution is -2.35. The van der Waals surface area contributed by atoms with Gasteiger partial charge in [-0.15, -0.1) is 0 Å². The third-order valence-electron chi connectivity index (χ3n) is 5.49. The fourth-order valence-corrected chi connectivity index (χ4v) is 3.63. The number of carbonyl (C=O) groups excluding carboxylic acids is 1. The van der Waals surface area contributed by atoms with E-state index < -0.39 is 17.8 Å². The van der Waals surface area contributed by atoms with Crippen molar-refractivity contribution in [2.75, 3.05) is 6.54 Å². The van der Waals surface area contributed by atoms with E-state index in [-0.39, 0.29) is 29.3 Å². The fourth-order valence-electron chi connectivity index (χ4n) is 3.63. The molecule has 1 saturated carbocycles. The number of amides is 1. The normalized spacial score (nSPS) is 27.2. The van der Waals surface area contributed by atoms with Crippen molar-refractivity contribution in [1.82, 2.24) is 10.2 Å². The van der Waals surface area contributed by atoms with Gasteiger partial charge in [-0.3, -0.25) is 10.1 Å². The van der Waals surface area contributed by atoms with Crippen LogP contribution in [-0.4, -0.2) is 23.4 Å². The van der Waals surface area contributed by atoms with Gasteiger partial charge in [-0.05, 0) is 28.5 Å². The monoisotopic (exact) mass is 294 g/mol. The Morgan fingerprint density at radius 2 is 1.76 bits per heavy atom. The summed E-state index contributed by atoms with van der Waals surface area (Å²) < 4.78 is 26.6. The number of halogens is 2. The minimum Gasteiger partial charge on any atom is -0.318 e. The van der Waals surface area contributed by atoms with E-state index in [1.807, 2.05) is 0 Å². The Morgan fingerprint density at radius 3 is 2.29 bits per heavy atom. The number of carbonyl (C=O) groups is 1. The third-order valence-corrected chi connectivity index (χ3v) is 5.49. The lowest BCUT2D eigenvalue weighted by Gasteiger charge is -2.27. The van der Waals surface area contributed by atoms with Crippen LogP contribution in [0, 0.1) is 22.5 Å². The maximum absolute atomic E-state index is 13.5. The predicted octanol–water partition coefficient (Wildman–Crippen LogP) is 2.83. The summed E-state index contributed by atoms with van der Waals surface area (Å²) in [6.45, 7) is 8.75. The van der Waals surface area contributed by atoms with Gasteiger partial charge in [0.15, 0.2) is 11.6 Å². The van der Waals surface area contributed by atoms with Gasteiger partial charge in [-0.1, -0.05) is 33.8 Å². The van der Waals surface area contributed by atoms with E-state index in [0.717, 1.165) is 6.07 Å². The number of rotatable bonds is 2. The molecule has 0 spiro atoms. The van der Waals surface area contributed by atoms with Crippen LogP contribution in [0.15, 0.2) is 18.2 Å². The molecule has 1 N–H and O–H groups in total. The summed E-state index contributed by atoms with van der Waals surface area (Å²) >= 11 is 0. The molecule has 0 aromatic heterocycles. The van der Waals surface area contributed by atoms with Crippen molar-refractivity contribution in [3.63, 3.8) is 0 Å². The SMILES string of the molecule is CC1(C)C(N2C(=O)CNC2c2ccc(F)c(F)c2)C1(C)C. The second-order valence-corrected chi connectivity index (χ2v) is 7.10. The molecule has 114 valence electrons. The highest BCUT2D eigenvalue weighted by Gasteiger charge is 2.69. The van der Waals surface area contributed by atoms with Crippen LogP contribution < -0.4 is 5.32 Å². The fraction of sp³-hybridized carbons (Fsp3) is 0.562. The average Bonchev–Trinajstić information content (AvgIpc) is 2.69. The van der Waals surface area contributed by atoms with Gasteiger partial charge < -0.3 is 4.90 Å². The van der Waals surface area contributed by atoms with Crippen molar-refractivity contribution >= 4 is 5.91 Å². The Balaban J connectivity index is 1.96. The maximum Gasteiger partial charge on any atom is 0.238 e. The van der Waals surface area contributed by atoms with E-state index in [4.69, 9.17) is 0 Å². The molecule has 2 fully saturated rings. The van der Waals surface area contributed by atoms with Crippen LogP contribution in [0.5, 0.6) is 0 Å². The predicted molar refractivity (Wildman–Crippen MR) is 75.3 cm³/mol. The van der Waals surface area contributed by atoms with Crippen LogP contribution in [0.4, 0.5) is 8.78 Å². The van der Waals surface area contributed by atoms with Crippen molar-refractivity contribution in [3.05, 3.63) is 35.4 Å². The molecule has 3 rings (SSSR count). The van der Waals surface area contributed by atoms with Gasteiger partial charge in [-0.2, -0.15) is 0 Å². The van der Waals surface area contributed by atoms with Gasteiger partial charge in [0.05, 0.1) is 6.54 Å². The Labute approximate surface area is 123 Å². The lowest BCUT2D eigenvalue weighted by molar-refractivity contribution is -0.129. The highest BCUT2D eigenvalue weighted by Crippen LogP contribution is 2.66. The minimum absolute atomic E-state index is 0.00546. The first-order chi connectivity index (χ1) is 9.68. The smallest absolute Gasteiger partial charge is 0.238 e. The molecule has 0 radical (unpaired) electrons. The average molecular weight is 294 g/mol. The van der Waals surface area contributed by atoms with Gasteiger partial charge in [0, 0.05) is 6.04 Å². The molecule has 1 aromatic carbocycles. The van der Waals surface area contributed by atoms with Crippen LogP contribution in [0.3, 0.4) is 0 Å². The van der Waals surface area contributed by atoms with E-state index in [2.05, 4.69) is 33.0 Å². The third kappa shape index (κ3) is 1.90. The molecule has 1 aliphatic heterocycles. The number of hydrogen-bond acceptors (Lipinski definition) is 2. The van der Waals surface area contributed by atoms with Crippen molar-refractivity contribution in [1.29, 1.82) is 0 Å². The summed E-state index contributed by atoms with van der Waals surface area (Å²) in [4.78, 5) is 14.1. The number of benzene rings is 1. The van der Waals surface area contributed by atoms with Gasteiger partial charge in [-0.25, -0.2) is 8.78 Å². The molecule has 1 aromatic rings. The topological polar surface area (TPSA) is 32.3 Å². The Kier molecular flexibility index (Phi) is 2.93. The minimum atomic E-state index is -0.886. The number of nitrogens with zero attached hydrogens (tertiary/aromatic N) is 1. The van der Waals surface area contributed by atoms with E-state index in [1.165, 1.54) is 12.1 Å². The highest BCUT2D eigenvalue weighted by atomic mass is 19.2. The Morgan fingerprint density at radius 1 is 1.14 bits per heavy atom. The maximum atomic E-state index is 13.5. The van der Waals surface area contributed by atoms with Crippen molar-refractivity contribution in [2.45, 2.75) is 39.9 Å². The van der Waals surface area contributed by atoms with Crippen LogP contribution >= 0.6 is 0 Å². The van der Waals surface area contributed by atoms with Gasteiger partial charge in [0.1, 0.15) is 6.17 Å². The standard InChI is InChI=1S/C16H20F2N2O/c1-15(2)14(16(15,3)4)20-12(21)8-19-13(20)9-5-6-10(17)11(18)7-9/h5-7,13-14,19H,8H2,1-4H3. The molecule has 21 heavy (non-hydrogen) atoms. The summed E-state index contributed by atoms with van der Waals surface area (Å²) in [6.07, 6.45) is -0.390. The molecule has 1 aliphatic carbocycles. The van der Waals surface area contributed by atoms with Gasteiger partial charge in [0.2, 0.25) is 5.91 Å². The summed E-state index contributed by atoms with van der Waals surface area (Å²) in [5.41, 5.74) is 0.593. The Bertz CT molecular complexity index is 598. The molecule has 1 heterocycles. The first-order valence-electron chi connectivity index (χ1n) is 7.17.